The first-order chi connectivity index (χ1) is 9.55. The molecule has 0 aliphatic rings. The van der Waals surface area contributed by atoms with Crippen molar-refractivity contribution < 1.29 is 0 Å². The van der Waals surface area contributed by atoms with E-state index >= 15 is 0 Å². The molecule has 0 saturated heterocycles. The maximum absolute atomic E-state index is 4.65. The molecule has 0 radical (unpaired) electrons. The average Bonchev–Trinajstić information content (AvgIpc) is 2.44. The molecule has 0 unspecified atom stereocenters. The molecule has 0 saturated carbocycles. The second kappa shape index (κ2) is 6.35. The lowest BCUT2D eigenvalue weighted by molar-refractivity contribution is 0.997. The summed E-state index contributed by atoms with van der Waals surface area (Å²) in [6, 6.07) is 6.27. The molecule has 0 atom stereocenters. The number of nitrogens with zero attached hydrogens (tertiary/aromatic N) is 2. The third-order valence-electron chi connectivity index (χ3n) is 3.19. The molecular weight excluding hydrogens is 314 g/mol. The van der Waals surface area contributed by atoms with E-state index in [1.165, 1.54) is 11.1 Å². The van der Waals surface area contributed by atoms with E-state index in [4.69, 9.17) is 0 Å². The molecule has 20 heavy (non-hydrogen) atoms. The number of hydrogen-bond donors (Lipinski definition) is 1. The molecule has 0 aliphatic heterocycles. The fraction of sp³-hybridized carbons (Fsp3) is 0.375. The SMILES string of the molecule is CCNc1cc(CC)nc(-c2cc(C)c(Br)c(C)c2)n1. The maximum atomic E-state index is 4.65. The molecule has 0 amide bonds. The van der Waals surface area contributed by atoms with Crippen molar-refractivity contribution in [3.63, 3.8) is 0 Å². The molecule has 0 aliphatic carbocycles. The minimum absolute atomic E-state index is 0.791. The van der Waals surface area contributed by atoms with Crippen molar-refractivity contribution in [3.8, 4) is 11.4 Å². The van der Waals surface area contributed by atoms with Crippen LogP contribution in [0.5, 0.6) is 0 Å². The largest absolute Gasteiger partial charge is 0.370 e. The fourth-order valence-electron chi connectivity index (χ4n) is 2.15. The van der Waals surface area contributed by atoms with Gasteiger partial charge in [-0.15, -0.1) is 0 Å². The van der Waals surface area contributed by atoms with Crippen molar-refractivity contribution >= 4 is 21.7 Å². The van der Waals surface area contributed by atoms with E-state index in [9.17, 15) is 0 Å². The highest BCUT2D eigenvalue weighted by Crippen LogP contribution is 2.27. The lowest BCUT2D eigenvalue weighted by atomic mass is 10.1. The fourth-order valence-corrected chi connectivity index (χ4v) is 2.38. The Labute approximate surface area is 129 Å². The predicted octanol–water partition coefficient (Wildman–Crippen LogP) is 4.52. The Morgan fingerprint density at radius 2 is 1.70 bits per heavy atom. The van der Waals surface area contributed by atoms with Crippen LogP contribution in [0.2, 0.25) is 0 Å². The van der Waals surface area contributed by atoms with Crippen LogP contribution >= 0.6 is 15.9 Å². The van der Waals surface area contributed by atoms with Crippen LogP contribution in [0.4, 0.5) is 5.82 Å². The Kier molecular flexibility index (Phi) is 4.76. The van der Waals surface area contributed by atoms with Crippen molar-refractivity contribution in [3.05, 3.63) is 39.5 Å². The van der Waals surface area contributed by atoms with Crippen molar-refractivity contribution in [2.24, 2.45) is 0 Å². The molecule has 3 nitrogen and oxygen atoms in total. The van der Waals surface area contributed by atoms with Gasteiger partial charge in [0.15, 0.2) is 5.82 Å². The summed E-state index contributed by atoms with van der Waals surface area (Å²) in [5, 5.41) is 3.27. The van der Waals surface area contributed by atoms with Gasteiger partial charge in [0.25, 0.3) is 0 Å². The van der Waals surface area contributed by atoms with Crippen LogP contribution in [-0.4, -0.2) is 16.5 Å². The zero-order chi connectivity index (χ0) is 14.7. The van der Waals surface area contributed by atoms with Gasteiger partial charge in [0.2, 0.25) is 0 Å². The number of benzene rings is 1. The summed E-state index contributed by atoms with van der Waals surface area (Å²) in [7, 11) is 0. The van der Waals surface area contributed by atoms with Crippen molar-refractivity contribution in [1.29, 1.82) is 0 Å². The number of rotatable bonds is 4. The Hall–Kier alpha value is -1.42. The minimum atomic E-state index is 0.791. The summed E-state index contributed by atoms with van der Waals surface area (Å²) in [5.74, 6) is 1.69. The third-order valence-corrected chi connectivity index (χ3v) is 4.44. The first kappa shape index (κ1) is 15.0. The number of anilines is 1. The zero-order valence-corrected chi connectivity index (χ0v) is 14.0. The zero-order valence-electron chi connectivity index (χ0n) is 12.4. The highest BCUT2D eigenvalue weighted by molar-refractivity contribution is 9.10. The van der Waals surface area contributed by atoms with Crippen LogP contribution in [0.15, 0.2) is 22.7 Å². The van der Waals surface area contributed by atoms with E-state index in [0.717, 1.165) is 40.3 Å². The average molecular weight is 334 g/mol. The topological polar surface area (TPSA) is 37.8 Å². The standard InChI is InChI=1S/C16H20BrN3/c1-5-13-9-14(18-6-2)20-16(19-13)12-7-10(3)15(17)11(4)8-12/h7-9H,5-6H2,1-4H3,(H,18,19,20). The van der Waals surface area contributed by atoms with Crippen molar-refractivity contribution in [2.45, 2.75) is 34.1 Å². The Bertz CT molecular complexity index is 600. The number of aryl methyl sites for hydroxylation is 3. The molecule has 1 aromatic heterocycles. The normalized spacial score (nSPS) is 10.7. The van der Waals surface area contributed by atoms with E-state index in [1.54, 1.807) is 0 Å². The van der Waals surface area contributed by atoms with Gasteiger partial charge in [-0.1, -0.05) is 22.9 Å². The van der Waals surface area contributed by atoms with Crippen LogP contribution in [0, 0.1) is 13.8 Å². The summed E-state index contributed by atoms with van der Waals surface area (Å²) in [5.41, 5.74) is 4.54. The molecule has 1 aromatic carbocycles. The highest BCUT2D eigenvalue weighted by atomic mass is 79.9. The van der Waals surface area contributed by atoms with Crippen molar-refractivity contribution in [1.82, 2.24) is 9.97 Å². The summed E-state index contributed by atoms with van der Waals surface area (Å²) >= 11 is 3.60. The van der Waals surface area contributed by atoms with Crippen LogP contribution in [0.3, 0.4) is 0 Å². The van der Waals surface area contributed by atoms with E-state index in [2.05, 4.69) is 71.0 Å². The molecule has 2 aromatic rings. The summed E-state index contributed by atoms with van der Waals surface area (Å²) < 4.78 is 1.15. The number of nitrogens with one attached hydrogen (secondary N) is 1. The molecular formula is C16H20BrN3. The molecule has 2 rings (SSSR count). The summed E-state index contributed by atoms with van der Waals surface area (Å²) in [6.07, 6.45) is 0.905. The van der Waals surface area contributed by atoms with Gasteiger partial charge in [-0.05, 0) is 50.5 Å². The van der Waals surface area contributed by atoms with Crippen LogP contribution in [0.1, 0.15) is 30.7 Å². The Balaban J connectivity index is 2.53. The third kappa shape index (κ3) is 3.18. The maximum Gasteiger partial charge on any atom is 0.161 e. The summed E-state index contributed by atoms with van der Waals surface area (Å²) in [4.78, 5) is 9.27. The molecule has 0 fully saturated rings. The minimum Gasteiger partial charge on any atom is -0.370 e. The predicted molar refractivity (Wildman–Crippen MR) is 88.2 cm³/mol. The number of aromatic nitrogens is 2. The quantitative estimate of drug-likeness (QED) is 0.893. The Morgan fingerprint density at radius 1 is 1.05 bits per heavy atom. The molecule has 1 heterocycles. The molecule has 1 N–H and O–H groups in total. The van der Waals surface area contributed by atoms with Gasteiger partial charge in [0, 0.05) is 28.3 Å². The van der Waals surface area contributed by atoms with Gasteiger partial charge in [-0.2, -0.15) is 0 Å². The van der Waals surface area contributed by atoms with E-state index in [1.807, 2.05) is 6.07 Å². The van der Waals surface area contributed by atoms with Crippen molar-refractivity contribution in [2.75, 3.05) is 11.9 Å². The molecule has 4 heteroatoms. The van der Waals surface area contributed by atoms with Gasteiger partial charge >= 0.3 is 0 Å². The monoisotopic (exact) mass is 333 g/mol. The second-order valence-electron chi connectivity index (χ2n) is 4.88. The van der Waals surface area contributed by atoms with Crippen LogP contribution in [0.25, 0.3) is 11.4 Å². The van der Waals surface area contributed by atoms with E-state index in [-0.39, 0.29) is 0 Å². The van der Waals surface area contributed by atoms with E-state index in [0.29, 0.717) is 0 Å². The van der Waals surface area contributed by atoms with E-state index < -0.39 is 0 Å². The molecule has 0 bridgehead atoms. The lowest BCUT2D eigenvalue weighted by Gasteiger charge is -2.10. The van der Waals surface area contributed by atoms with Gasteiger partial charge in [-0.25, -0.2) is 9.97 Å². The van der Waals surface area contributed by atoms with Gasteiger partial charge in [0.1, 0.15) is 5.82 Å². The Morgan fingerprint density at radius 3 is 2.25 bits per heavy atom. The lowest BCUT2D eigenvalue weighted by Crippen LogP contribution is -2.04. The summed E-state index contributed by atoms with van der Waals surface area (Å²) in [6.45, 7) is 9.23. The smallest absolute Gasteiger partial charge is 0.161 e. The number of hydrogen-bond acceptors (Lipinski definition) is 3. The van der Waals surface area contributed by atoms with Gasteiger partial charge < -0.3 is 5.32 Å². The second-order valence-corrected chi connectivity index (χ2v) is 5.67. The first-order valence-electron chi connectivity index (χ1n) is 6.94. The van der Waals surface area contributed by atoms with Gasteiger partial charge in [0.05, 0.1) is 0 Å². The van der Waals surface area contributed by atoms with Crippen LogP contribution < -0.4 is 5.32 Å². The highest BCUT2D eigenvalue weighted by Gasteiger charge is 2.09. The molecule has 106 valence electrons. The first-order valence-corrected chi connectivity index (χ1v) is 7.73. The van der Waals surface area contributed by atoms with Gasteiger partial charge in [-0.3, -0.25) is 0 Å². The van der Waals surface area contributed by atoms with Crippen LogP contribution in [-0.2, 0) is 6.42 Å². The molecule has 0 spiro atoms. The number of halogens is 1.